The maximum absolute atomic E-state index is 2.32. The largest absolute Gasteiger partial charge is 0.0835 e. The van der Waals surface area contributed by atoms with Gasteiger partial charge in [-0.3, -0.25) is 0 Å². The number of benzene rings is 1. The molecule has 0 saturated heterocycles. The minimum atomic E-state index is 0.672. The van der Waals surface area contributed by atoms with E-state index in [4.69, 9.17) is 0 Å². The smallest absolute Gasteiger partial charge is 0.0139 e. The van der Waals surface area contributed by atoms with Crippen molar-refractivity contribution in [3.63, 3.8) is 0 Å². The molecule has 0 N–H and O–H groups in total. The summed E-state index contributed by atoms with van der Waals surface area (Å²) in [4.78, 5) is 0. The first-order chi connectivity index (χ1) is 7.61. The van der Waals surface area contributed by atoms with Crippen LogP contribution >= 0.6 is 0 Å². The predicted octanol–water partition coefficient (Wildman–Crippen LogP) is 5.08. The first-order valence-electron chi connectivity index (χ1n) is 6.34. The van der Waals surface area contributed by atoms with Crippen LogP contribution in [0.5, 0.6) is 0 Å². The van der Waals surface area contributed by atoms with E-state index >= 15 is 0 Å². The van der Waals surface area contributed by atoms with E-state index < -0.39 is 0 Å². The lowest BCUT2D eigenvalue weighted by molar-refractivity contribution is 0.466. The van der Waals surface area contributed by atoms with Crippen molar-refractivity contribution in [1.29, 1.82) is 0 Å². The fourth-order valence-corrected chi connectivity index (χ4v) is 2.52. The van der Waals surface area contributed by atoms with E-state index in [0.29, 0.717) is 11.8 Å². The molecule has 0 unspecified atom stereocenters. The third-order valence-electron chi connectivity index (χ3n) is 3.41. The van der Waals surface area contributed by atoms with Gasteiger partial charge in [0.2, 0.25) is 0 Å². The third kappa shape index (κ3) is 2.75. The minimum absolute atomic E-state index is 0.672. The molecule has 88 valence electrons. The van der Waals surface area contributed by atoms with E-state index in [-0.39, 0.29) is 0 Å². The fraction of sp³-hybridized carbons (Fsp3) is 0.500. The van der Waals surface area contributed by atoms with Gasteiger partial charge in [-0.25, -0.2) is 0 Å². The number of aryl methyl sites for hydroxylation is 1. The normalized spacial score (nSPS) is 14.2. The third-order valence-corrected chi connectivity index (χ3v) is 3.41. The van der Waals surface area contributed by atoms with Gasteiger partial charge in [0, 0.05) is 0 Å². The van der Waals surface area contributed by atoms with Gasteiger partial charge in [-0.05, 0) is 48.8 Å². The van der Waals surface area contributed by atoms with Gasteiger partial charge in [-0.15, -0.1) is 0 Å². The van der Waals surface area contributed by atoms with Crippen molar-refractivity contribution in [2.45, 2.75) is 41.0 Å². The van der Waals surface area contributed by atoms with E-state index in [2.05, 4.69) is 65.0 Å². The summed E-state index contributed by atoms with van der Waals surface area (Å²) in [6.07, 6.45) is 3.50. The highest BCUT2D eigenvalue weighted by Crippen LogP contribution is 2.33. The van der Waals surface area contributed by atoms with Crippen LogP contribution in [-0.2, 0) is 0 Å². The molecule has 1 aromatic carbocycles. The summed E-state index contributed by atoms with van der Waals surface area (Å²) in [5.41, 5.74) is 4.32. The lowest BCUT2D eigenvalue weighted by atomic mass is 9.81. The van der Waals surface area contributed by atoms with Crippen molar-refractivity contribution < 1.29 is 0 Å². The lowest BCUT2D eigenvalue weighted by Gasteiger charge is -2.24. The molecule has 16 heavy (non-hydrogen) atoms. The van der Waals surface area contributed by atoms with Crippen LogP contribution in [0.4, 0.5) is 0 Å². The van der Waals surface area contributed by atoms with Gasteiger partial charge < -0.3 is 0 Å². The Morgan fingerprint density at radius 3 is 2.31 bits per heavy atom. The predicted molar refractivity (Wildman–Crippen MR) is 73.4 cm³/mol. The Morgan fingerprint density at radius 1 is 1.25 bits per heavy atom. The van der Waals surface area contributed by atoms with E-state index in [1.54, 1.807) is 0 Å². The first-order valence-corrected chi connectivity index (χ1v) is 6.34. The minimum Gasteiger partial charge on any atom is -0.0835 e. The Labute approximate surface area is 100 Å². The zero-order chi connectivity index (χ0) is 12.1. The van der Waals surface area contributed by atoms with E-state index in [0.717, 1.165) is 0 Å². The Balaban J connectivity index is 3.13. The molecule has 0 aliphatic heterocycles. The highest BCUT2D eigenvalue weighted by atomic mass is 14.2. The molecule has 0 fully saturated rings. The average Bonchev–Trinajstić information content (AvgIpc) is 2.26. The number of hydrogen-bond acceptors (Lipinski definition) is 0. The van der Waals surface area contributed by atoms with Crippen LogP contribution in [0, 0.1) is 18.8 Å². The molecule has 0 bridgehead atoms. The summed E-state index contributed by atoms with van der Waals surface area (Å²) in [6, 6.07) is 8.70. The van der Waals surface area contributed by atoms with Gasteiger partial charge >= 0.3 is 0 Å². The topological polar surface area (TPSA) is 0 Å². The molecule has 0 radical (unpaired) electrons. The number of rotatable bonds is 4. The maximum Gasteiger partial charge on any atom is -0.0139 e. The maximum atomic E-state index is 2.32. The molecular formula is C16H24. The van der Waals surface area contributed by atoms with Gasteiger partial charge in [0.05, 0.1) is 0 Å². The zero-order valence-electron chi connectivity index (χ0n) is 11.2. The number of allylic oxidation sites excluding steroid dienone is 2. The summed E-state index contributed by atoms with van der Waals surface area (Å²) in [5, 5.41) is 0. The Morgan fingerprint density at radius 2 is 1.88 bits per heavy atom. The molecule has 0 heteroatoms. The van der Waals surface area contributed by atoms with Crippen LogP contribution < -0.4 is 0 Å². The zero-order valence-corrected chi connectivity index (χ0v) is 11.2. The van der Waals surface area contributed by atoms with Gasteiger partial charge in [0.15, 0.2) is 0 Å². The van der Waals surface area contributed by atoms with Crippen LogP contribution in [0.2, 0.25) is 0 Å². The molecule has 0 aliphatic rings. The summed E-state index contributed by atoms with van der Waals surface area (Å²) in [6.45, 7) is 11.3. The second-order valence-corrected chi connectivity index (χ2v) is 4.82. The van der Waals surface area contributed by atoms with Crippen molar-refractivity contribution in [2.24, 2.45) is 11.8 Å². The molecule has 1 rings (SSSR count). The molecule has 1 aromatic rings. The highest BCUT2D eigenvalue weighted by molar-refractivity contribution is 5.69. The van der Waals surface area contributed by atoms with Crippen LogP contribution in [0.25, 0.3) is 5.57 Å². The van der Waals surface area contributed by atoms with Crippen molar-refractivity contribution >= 4 is 5.57 Å². The molecule has 0 heterocycles. The summed E-state index contributed by atoms with van der Waals surface area (Å²) in [7, 11) is 0. The van der Waals surface area contributed by atoms with Crippen molar-refractivity contribution in [1.82, 2.24) is 0 Å². The Bertz CT molecular complexity index is 358. The average molecular weight is 216 g/mol. The second kappa shape index (κ2) is 5.89. The van der Waals surface area contributed by atoms with Gasteiger partial charge in [-0.1, -0.05) is 51.1 Å². The fourth-order valence-electron chi connectivity index (χ4n) is 2.52. The lowest BCUT2D eigenvalue weighted by Crippen LogP contribution is -2.10. The number of hydrogen-bond donors (Lipinski definition) is 0. The molecule has 0 saturated carbocycles. The molecule has 0 aromatic heterocycles. The molecule has 0 spiro atoms. The molecule has 0 nitrogen and oxygen atoms in total. The second-order valence-electron chi connectivity index (χ2n) is 4.82. The standard InChI is InChI=1S/C16H24/c1-6-14(12(3)4)15(7-2)16-11-9-8-10-13(16)5/h7-12,14H,6H2,1-5H3/b15-7-/t14-/m1/s1. The van der Waals surface area contributed by atoms with Crippen molar-refractivity contribution in [3.8, 4) is 0 Å². The Kier molecular flexibility index (Phi) is 4.79. The van der Waals surface area contributed by atoms with Gasteiger partial charge in [0.1, 0.15) is 0 Å². The van der Waals surface area contributed by atoms with Gasteiger partial charge in [-0.2, -0.15) is 0 Å². The molecule has 0 aliphatic carbocycles. The first kappa shape index (κ1) is 13.0. The van der Waals surface area contributed by atoms with E-state index in [1.807, 2.05) is 0 Å². The molecule has 0 amide bonds. The van der Waals surface area contributed by atoms with E-state index in [9.17, 15) is 0 Å². The van der Waals surface area contributed by atoms with Crippen molar-refractivity contribution in [2.75, 3.05) is 0 Å². The van der Waals surface area contributed by atoms with Crippen LogP contribution in [-0.4, -0.2) is 0 Å². The van der Waals surface area contributed by atoms with Crippen LogP contribution in [0.15, 0.2) is 30.3 Å². The highest BCUT2D eigenvalue weighted by Gasteiger charge is 2.17. The van der Waals surface area contributed by atoms with Crippen LogP contribution in [0.3, 0.4) is 0 Å². The SMILES string of the molecule is C/C=C(\c1ccccc1C)[C@H](CC)C(C)C. The van der Waals surface area contributed by atoms with Crippen molar-refractivity contribution in [3.05, 3.63) is 41.5 Å². The van der Waals surface area contributed by atoms with Crippen LogP contribution in [0.1, 0.15) is 45.2 Å². The molecule has 1 atom stereocenters. The monoisotopic (exact) mass is 216 g/mol. The summed E-state index contributed by atoms with van der Waals surface area (Å²) in [5.74, 6) is 1.38. The molecular weight excluding hydrogens is 192 g/mol. The Hall–Kier alpha value is -1.04. The summed E-state index contributed by atoms with van der Waals surface area (Å²) < 4.78 is 0. The quantitative estimate of drug-likeness (QED) is 0.658. The summed E-state index contributed by atoms with van der Waals surface area (Å²) >= 11 is 0. The van der Waals surface area contributed by atoms with E-state index in [1.165, 1.54) is 23.1 Å². The van der Waals surface area contributed by atoms with Gasteiger partial charge in [0.25, 0.3) is 0 Å².